The fourth-order valence-corrected chi connectivity index (χ4v) is 1.99. The standard InChI is InChI=1S/C14H20N4/c1-17(9-10-18-8-4-7-16-18)12-14-6-3-2-5-13(14)11-15/h2-8H,9-12,15H2,1H3. The molecule has 96 valence electrons. The largest absolute Gasteiger partial charge is 0.326 e. The normalized spacial score (nSPS) is 11.1. The van der Waals surface area contributed by atoms with Crippen LogP contribution in [0, 0.1) is 0 Å². The molecule has 0 aliphatic carbocycles. The van der Waals surface area contributed by atoms with Crippen LogP contribution < -0.4 is 5.73 Å². The molecule has 0 saturated heterocycles. The van der Waals surface area contributed by atoms with Crippen molar-refractivity contribution in [3.8, 4) is 0 Å². The van der Waals surface area contributed by atoms with Gasteiger partial charge in [0, 0.05) is 32.0 Å². The number of hydrogen-bond acceptors (Lipinski definition) is 3. The first kappa shape index (κ1) is 12.8. The highest BCUT2D eigenvalue weighted by Crippen LogP contribution is 2.10. The molecule has 2 N–H and O–H groups in total. The minimum absolute atomic E-state index is 0.600. The van der Waals surface area contributed by atoms with E-state index in [0.717, 1.165) is 19.6 Å². The van der Waals surface area contributed by atoms with Crippen LogP contribution in [0.15, 0.2) is 42.7 Å². The van der Waals surface area contributed by atoms with Crippen LogP contribution in [-0.4, -0.2) is 28.3 Å². The molecule has 0 saturated carbocycles. The Bertz CT molecular complexity index is 464. The Hall–Kier alpha value is -1.65. The highest BCUT2D eigenvalue weighted by Gasteiger charge is 2.04. The molecule has 0 aliphatic rings. The number of nitrogens with two attached hydrogens (primary N) is 1. The van der Waals surface area contributed by atoms with E-state index < -0.39 is 0 Å². The lowest BCUT2D eigenvalue weighted by Crippen LogP contribution is -2.23. The van der Waals surface area contributed by atoms with Crippen molar-refractivity contribution in [2.24, 2.45) is 5.73 Å². The van der Waals surface area contributed by atoms with Gasteiger partial charge in [-0.2, -0.15) is 5.10 Å². The minimum atomic E-state index is 0.600. The molecule has 2 aromatic rings. The lowest BCUT2D eigenvalue weighted by molar-refractivity contribution is 0.304. The fraction of sp³-hybridized carbons (Fsp3) is 0.357. The fourth-order valence-electron chi connectivity index (χ4n) is 1.99. The molecule has 0 aliphatic heterocycles. The number of aromatic nitrogens is 2. The molecule has 2 rings (SSSR count). The van der Waals surface area contributed by atoms with Gasteiger partial charge in [-0.25, -0.2) is 0 Å². The zero-order valence-corrected chi connectivity index (χ0v) is 10.8. The van der Waals surface area contributed by atoms with Gasteiger partial charge in [0.1, 0.15) is 0 Å². The van der Waals surface area contributed by atoms with Crippen molar-refractivity contribution in [1.82, 2.24) is 14.7 Å². The van der Waals surface area contributed by atoms with Crippen LogP contribution in [0.4, 0.5) is 0 Å². The molecule has 4 heteroatoms. The molecule has 4 nitrogen and oxygen atoms in total. The molecular formula is C14H20N4. The van der Waals surface area contributed by atoms with Gasteiger partial charge >= 0.3 is 0 Å². The van der Waals surface area contributed by atoms with Crippen LogP contribution in [0.2, 0.25) is 0 Å². The first-order valence-corrected chi connectivity index (χ1v) is 6.22. The van der Waals surface area contributed by atoms with E-state index in [0.29, 0.717) is 6.54 Å². The molecule has 0 spiro atoms. The van der Waals surface area contributed by atoms with Gasteiger partial charge in [-0.15, -0.1) is 0 Å². The summed E-state index contributed by atoms with van der Waals surface area (Å²) in [4.78, 5) is 2.29. The van der Waals surface area contributed by atoms with E-state index in [1.54, 1.807) is 0 Å². The molecular weight excluding hydrogens is 224 g/mol. The summed E-state index contributed by atoms with van der Waals surface area (Å²) in [6.07, 6.45) is 3.80. The summed E-state index contributed by atoms with van der Waals surface area (Å²) >= 11 is 0. The predicted octanol–water partition coefficient (Wildman–Crippen LogP) is 1.47. The summed E-state index contributed by atoms with van der Waals surface area (Å²) in [5, 5.41) is 4.20. The Morgan fingerprint density at radius 3 is 2.67 bits per heavy atom. The Morgan fingerprint density at radius 1 is 1.22 bits per heavy atom. The second-order valence-electron chi connectivity index (χ2n) is 4.48. The lowest BCUT2D eigenvalue weighted by Gasteiger charge is -2.18. The lowest BCUT2D eigenvalue weighted by atomic mass is 10.1. The zero-order valence-electron chi connectivity index (χ0n) is 10.8. The third-order valence-electron chi connectivity index (χ3n) is 3.05. The van der Waals surface area contributed by atoms with Gasteiger partial charge in [0.25, 0.3) is 0 Å². The van der Waals surface area contributed by atoms with Gasteiger partial charge in [0.05, 0.1) is 6.54 Å². The average Bonchev–Trinajstić information content (AvgIpc) is 2.90. The van der Waals surface area contributed by atoms with E-state index in [-0.39, 0.29) is 0 Å². The van der Waals surface area contributed by atoms with Crippen LogP contribution in [0.5, 0.6) is 0 Å². The maximum Gasteiger partial charge on any atom is 0.0536 e. The van der Waals surface area contributed by atoms with E-state index >= 15 is 0 Å². The molecule has 0 atom stereocenters. The van der Waals surface area contributed by atoms with Gasteiger partial charge in [0.2, 0.25) is 0 Å². The Morgan fingerprint density at radius 2 is 2.00 bits per heavy atom. The number of nitrogens with zero attached hydrogens (tertiary/aromatic N) is 3. The SMILES string of the molecule is CN(CCn1cccn1)Cc1ccccc1CN. The summed E-state index contributed by atoms with van der Waals surface area (Å²) < 4.78 is 1.95. The summed E-state index contributed by atoms with van der Waals surface area (Å²) in [6, 6.07) is 10.3. The second kappa shape index (κ2) is 6.33. The monoisotopic (exact) mass is 244 g/mol. The Labute approximate surface area is 108 Å². The van der Waals surface area contributed by atoms with Crippen molar-refractivity contribution in [1.29, 1.82) is 0 Å². The number of rotatable bonds is 6. The van der Waals surface area contributed by atoms with Crippen LogP contribution in [0.25, 0.3) is 0 Å². The summed E-state index contributed by atoms with van der Waals surface area (Å²) in [5.41, 5.74) is 8.28. The highest BCUT2D eigenvalue weighted by atomic mass is 15.3. The summed E-state index contributed by atoms with van der Waals surface area (Å²) in [7, 11) is 2.12. The van der Waals surface area contributed by atoms with Crippen molar-refractivity contribution >= 4 is 0 Å². The van der Waals surface area contributed by atoms with Crippen LogP contribution >= 0.6 is 0 Å². The summed E-state index contributed by atoms with van der Waals surface area (Å²) in [6.45, 7) is 3.41. The van der Waals surface area contributed by atoms with E-state index in [1.165, 1.54) is 11.1 Å². The Balaban J connectivity index is 1.88. The van der Waals surface area contributed by atoms with Crippen molar-refractivity contribution in [3.05, 3.63) is 53.9 Å². The molecule has 0 fully saturated rings. The zero-order chi connectivity index (χ0) is 12.8. The molecule has 1 aromatic carbocycles. The highest BCUT2D eigenvalue weighted by molar-refractivity contribution is 5.26. The van der Waals surface area contributed by atoms with E-state index in [4.69, 9.17) is 5.73 Å². The average molecular weight is 244 g/mol. The van der Waals surface area contributed by atoms with Gasteiger partial charge in [-0.3, -0.25) is 4.68 Å². The molecule has 0 unspecified atom stereocenters. The second-order valence-corrected chi connectivity index (χ2v) is 4.48. The van der Waals surface area contributed by atoms with Gasteiger partial charge in [0.15, 0.2) is 0 Å². The molecule has 1 heterocycles. The van der Waals surface area contributed by atoms with Crippen LogP contribution in [0.3, 0.4) is 0 Å². The van der Waals surface area contributed by atoms with Crippen molar-refractivity contribution in [2.75, 3.05) is 13.6 Å². The van der Waals surface area contributed by atoms with Gasteiger partial charge in [-0.05, 0) is 24.2 Å². The van der Waals surface area contributed by atoms with Crippen LogP contribution in [0.1, 0.15) is 11.1 Å². The number of hydrogen-bond donors (Lipinski definition) is 1. The maximum atomic E-state index is 5.74. The predicted molar refractivity (Wildman–Crippen MR) is 72.9 cm³/mol. The van der Waals surface area contributed by atoms with E-state index in [2.05, 4.69) is 35.2 Å². The molecule has 0 bridgehead atoms. The van der Waals surface area contributed by atoms with E-state index in [9.17, 15) is 0 Å². The van der Waals surface area contributed by atoms with Crippen molar-refractivity contribution < 1.29 is 0 Å². The summed E-state index contributed by atoms with van der Waals surface area (Å²) in [5.74, 6) is 0. The van der Waals surface area contributed by atoms with Crippen molar-refractivity contribution in [3.63, 3.8) is 0 Å². The first-order chi connectivity index (χ1) is 8.79. The van der Waals surface area contributed by atoms with Crippen LogP contribution in [-0.2, 0) is 19.6 Å². The van der Waals surface area contributed by atoms with Gasteiger partial charge in [-0.1, -0.05) is 24.3 Å². The third-order valence-corrected chi connectivity index (χ3v) is 3.05. The molecule has 18 heavy (non-hydrogen) atoms. The first-order valence-electron chi connectivity index (χ1n) is 6.22. The third kappa shape index (κ3) is 3.42. The van der Waals surface area contributed by atoms with Crippen molar-refractivity contribution in [2.45, 2.75) is 19.6 Å². The minimum Gasteiger partial charge on any atom is -0.326 e. The van der Waals surface area contributed by atoms with Gasteiger partial charge < -0.3 is 10.6 Å². The smallest absolute Gasteiger partial charge is 0.0536 e. The molecule has 1 aromatic heterocycles. The quantitative estimate of drug-likeness (QED) is 0.837. The Kier molecular flexibility index (Phi) is 4.50. The topological polar surface area (TPSA) is 47.1 Å². The number of benzene rings is 1. The molecule has 0 amide bonds. The maximum absolute atomic E-state index is 5.74. The van der Waals surface area contributed by atoms with E-state index in [1.807, 2.05) is 29.2 Å². The number of likely N-dealkylation sites (N-methyl/N-ethyl adjacent to an activating group) is 1. The molecule has 0 radical (unpaired) electrons.